The first-order valence-corrected chi connectivity index (χ1v) is 13.9. The third kappa shape index (κ3) is 3.86. The maximum atomic E-state index is 13.6. The minimum absolute atomic E-state index is 0.0685. The number of pyridine rings is 1. The topological polar surface area (TPSA) is 84.3 Å². The molecule has 0 atom stereocenters. The molecule has 7 nitrogen and oxygen atoms in total. The van der Waals surface area contributed by atoms with Crippen LogP contribution in [0.1, 0.15) is 61.0 Å². The number of nitrogens with zero attached hydrogens (tertiary/aromatic N) is 3. The molecule has 4 amide bonds. The zero-order valence-corrected chi connectivity index (χ0v) is 22.3. The lowest BCUT2D eigenvalue weighted by Gasteiger charge is -2.57. The van der Waals surface area contributed by atoms with Gasteiger partial charge >= 0.3 is 6.03 Å². The molecule has 1 N–H and O–H groups in total. The Labute approximate surface area is 227 Å². The van der Waals surface area contributed by atoms with Crippen LogP contribution in [-0.2, 0) is 15.0 Å². The number of hydrogen-bond acceptors (Lipinski definition) is 4. The number of aromatic nitrogens is 2. The van der Waals surface area contributed by atoms with Gasteiger partial charge in [-0.1, -0.05) is 18.2 Å². The van der Waals surface area contributed by atoms with Crippen LogP contribution in [0.3, 0.4) is 0 Å². The molecule has 5 aliphatic rings. The Morgan fingerprint density at radius 1 is 0.923 bits per heavy atom. The van der Waals surface area contributed by atoms with Gasteiger partial charge in [0.15, 0.2) is 0 Å². The molecule has 4 saturated carbocycles. The maximum Gasteiger partial charge on any atom is 0.335 e. The van der Waals surface area contributed by atoms with Crippen molar-refractivity contribution in [1.29, 1.82) is 0 Å². The van der Waals surface area contributed by atoms with E-state index < -0.39 is 17.8 Å². The number of barbiturate groups is 1. The average Bonchev–Trinajstić information content (AvgIpc) is 3.19. The fraction of sp³-hybridized carbons (Fsp3) is 0.375. The summed E-state index contributed by atoms with van der Waals surface area (Å²) in [6, 6.07) is 14.8. The number of aryl methyl sites for hydroxylation is 1. The summed E-state index contributed by atoms with van der Waals surface area (Å²) >= 11 is 0. The van der Waals surface area contributed by atoms with E-state index in [1.165, 1.54) is 44.1 Å². The van der Waals surface area contributed by atoms with Gasteiger partial charge in [-0.3, -0.25) is 14.9 Å². The van der Waals surface area contributed by atoms with E-state index in [1.807, 2.05) is 54.8 Å². The number of carbonyl (C=O) groups excluding carboxylic acids is 3. The number of urea groups is 1. The van der Waals surface area contributed by atoms with Crippen molar-refractivity contribution in [2.45, 2.75) is 57.8 Å². The van der Waals surface area contributed by atoms with Crippen LogP contribution in [0.5, 0.6) is 0 Å². The fourth-order valence-electron chi connectivity index (χ4n) is 8.25. The molecule has 4 bridgehead atoms. The highest BCUT2D eigenvalue weighted by molar-refractivity contribution is 6.39. The summed E-state index contributed by atoms with van der Waals surface area (Å²) in [4.78, 5) is 44.8. The molecule has 0 radical (unpaired) electrons. The summed E-state index contributed by atoms with van der Waals surface area (Å²) < 4.78 is 1.98. The predicted octanol–water partition coefficient (Wildman–Crippen LogP) is 5.62. The lowest BCUT2D eigenvalue weighted by molar-refractivity contribution is -0.122. The van der Waals surface area contributed by atoms with Gasteiger partial charge in [0.1, 0.15) is 11.4 Å². The van der Waals surface area contributed by atoms with Crippen molar-refractivity contribution in [1.82, 2.24) is 14.9 Å². The number of imide groups is 2. The molecule has 3 aromatic rings. The molecule has 39 heavy (non-hydrogen) atoms. The summed E-state index contributed by atoms with van der Waals surface area (Å²) in [5.74, 6) is 1.96. The first kappa shape index (κ1) is 24.1. The molecule has 2 aromatic heterocycles. The molecule has 5 fully saturated rings. The van der Waals surface area contributed by atoms with Gasteiger partial charge in [0.05, 0.1) is 5.69 Å². The van der Waals surface area contributed by atoms with Crippen LogP contribution in [-0.4, -0.2) is 27.4 Å². The van der Waals surface area contributed by atoms with E-state index in [4.69, 9.17) is 0 Å². The van der Waals surface area contributed by atoms with E-state index in [0.29, 0.717) is 5.69 Å². The molecule has 8 rings (SSSR count). The standard InChI is InChI=1S/C32H32N4O3/c1-19-11-24(20(2)35(19)28-5-3-4-10-33-28)15-27-29(37)34-31(39)36(30(27)38)26-8-6-25(7-9-26)32-16-21-12-22(17-32)14-23(13-21)18-32/h3-11,15,21-23H,12-14,16-18H2,1-2H3,(H,34,37,39)/b27-15+. The molecule has 1 saturated heterocycles. The lowest BCUT2D eigenvalue weighted by Crippen LogP contribution is -2.54. The van der Waals surface area contributed by atoms with Gasteiger partial charge in [0.2, 0.25) is 0 Å². The quantitative estimate of drug-likeness (QED) is 0.357. The summed E-state index contributed by atoms with van der Waals surface area (Å²) in [5.41, 5.74) is 4.47. The van der Waals surface area contributed by atoms with Crippen LogP contribution in [0.25, 0.3) is 11.9 Å². The molecule has 4 aliphatic carbocycles. The smallest absolute Gasteiger partial charge is 0.303 e. The fourth-order valence-corrected chi connectivity index (χ4v) is 8.25. The Bertz CT molecular complexity index is 1500. The predicted molar refractivity (Wildman–Crippen MR) is 148 cm³/mol. The van der Waals surface area contributed by atoms with E-state index in [-0.39, 0.29) is 11.0 Å². The van der Waals surface area contributed by atoms with Crippen molar-refractivity contribution in [2.75, 3.05) is 4.90 Å². The monoisotopic (exact) mass is 520 g/mol. The third-order valence-corrected chi connectivity index (χ3v) is 9.53. The Kier molecular flexibility index (Phi) is 5.41. The minimum atomic E-state index is -0.719. The van der Waals surface area contributed by atoms with Gasteiger partial charge < -0.3 is 4.57 Å². The van der Waals surface area contributed by atoms with E-state index in [2.05, 4.69) is 22.4 Å². The van der Waals surface area contributed by atoms with E-state index in [0.717, 1.165) is 45.4 Å². The Balaban J connectivity index is 1.19. The molecule has 0 spiro atoms. The van der Waals surface area contributed by atoms with Crippen molar-refractivity contribution in [3.05, 3.63) is 82.8 Å². The van der Waals surface area contributed by atoms with E-state index in [9.17, 15) is 14.4 Å². The SMILES string of the molecule is Cc1cc(/C=C2\C(=O)NC(=O)N(c3ccc(C45CC6CC(CC(C6)C4)C5)cc3)C2=O)c(C)n1-c1ccccn1. The summed E-state index contributed by atoms with van der Waals surface area (Å²) in [7, 11) is 0. The zero-order chi connectivity index (χ0) is 26.9. The summed E-state index contributed by atoms with van der Waals surface area (Å²) in [6.45, 7) is 3.87. The largest absolute Gasteiger partial charge is 0.335 e. The number of nitrogens with one attached hydrogen (secondary N) is 1. The summed E-state index contributed by atoms with van der Waals surface area (Å²) in [6.07, 6.45) is 11.2. The van der Waals surface area contributed by atoms with Crippen LogP contribution in [0, 0.1) is 31.6 Å². The highest BCUT2D eigenvalue weighted by Crippen LogP contribution is 2.60. The van der Waals surface area contributed by atoms with Gasteiger partial charge in [-0.2, -0.15) is 0 Å². The number of rotatable bonds is 4. The van der Waals surface area contributed by atoms with Gasteiger partial charge in [0, 0.05) is 17.6 Å². The second-order valence-corrected chi connectivity index (χ2v) is 12.1. The van der Waals surface area contributed by atoms with Gasteiger partial charge in [-0.05, 0) is 123 Å². The van der Waals surface area contributed by atoms with Crippen LogP contribution in [0.2, 0.25) is 0 Å². The van der Waals surface area contributed by atoms with Crippen molar-refractivity contribution in [2.24, 2.45) is 17.8 Å². The second-order valence-electron chi connectivity index (χ2n) is 12.1. The van der Waals surface area contributed by atoms with Crippen LogP contribution < -0.4 is 10.2 Å². The number of anilines is 1. The first-order valence-electron chi connectivity index (χ1n) is 13.9. The van der Waals surface area contributed by atoms with Crippen molar-refractivity contribution in [3.8, 4) is 5.82 Å². The highest BCUT2D eigenvalue weighted by Gasteiger charge is 2.51. The Morgan fingerprint density at radius 3 is 2.21 bits per heavy atom. The molecular formula is C32H32N4O3. The molecule has 7 heteroatoms. The zero-order valence-electron chi connectivity index (χ0n) is 22.3. The van der Waals surface area contributed by atoms with Crippen LogP contribution >= 0.6 is 0 Å². The average molecular weight is 521 g/mol. The molecule has 1 aliphatic heterocycles. The molecule has 1 aromatic carbocycles. The van der Waals surface area contributed by atoms with Gasteiger partial charge in [0.25, 0.3) is 11.8 Å². The maximum absolute atomic E-state index is 13.6. The van der Waals surface area contributed by atoms with Gasteiger partial charge in [-0.25, -0.2) is 14.7 Å². The van der Waals surface area contributed by atoms with E-state index in [1.54, 1.807) is 12.3 Å². The normalized spacial score (nSPS) is 28.9. The molecule has 0 unspecified atom stereocenters. The summed E-state index contributed by atoms with van der Waals surface area (Å²) in [5, 5.41) is 2.36. The molecule has 198 valence electrons. The van der Waals surface area contributed by atoms with Crippen LogP contribution in [0.15, 0.2) is 60.3 Å². The molecule has 3 heterocycles. The second kappa shape index (κ2) is 8.76. The van der Waals surface area contributed by atoms with Crippen molar-refractivity contribution in [3.63, 3.8) is 0 Å². The number of benzene rings is 1. The first-order chi connectivity index (χ1) is 18.8. The Hall–Kier alpha value is -4.00. The third-order valence-electron chi connectivity index (χ3n) is 9.53. The highest BCUT2D eigenvalue weighted by atomic mass is 16.2. The number of carbonyl (C=O) groups is 3. The lowest BCUT2D eigenvalue weighted by atomic mass is 9.48. The Morgan fingerprint density at radius 2 is 1.59 bits per heavy atom. The van der Waals surface area contributed by atoms with E-state index >= 15 is 0 Å². The minimum Gasteiger partial charge on any atom is -0.303 e. The van der Waals surface area contributed by atoms with Crippen molar-refractivity contribution < 1.29 is 14.4 Å². The van der Waals surface area contributed by atoms with Gasteiger partial charge in [-0.15, -0.1) is 0 Å². The number of amides is 4. The van der Waals surface area contributed by atoms with Crippen LogP contribution in [0.4, 0.5) is 10.5 Å². The number of hydrogen-bond donors (Lipinski definition) is 1. The van der Waals surface area contributed by atoms with Crippen molar-refractivity contribution >= 4 is 29.6 Å². The molecular weight excluding hydrogens is 488 g/mol.